The molecule has 3 amide bonds. The van der Waals surface area contributed by atoms with Gasteiger partial charge in [0.15, 0.2) is 6.61 Å². The minimum Gasteiger partial charge on any atom is -0.452 e. The first-order chi connectivity index (χ1) is 13.6. The first-order valence-corrected chi connectivity index (χ1v) is 9.89. The van der Waals surface area contributed by atoms with Crippen molar-refractivity contribution in [2.75, 3.05) is 6.61 Å². The predicted octanol–water partition coefficient (Wildman–Crippen LogP) is 3.16. The van der Waals surface area contributed by atoms with Gasteiger partial charge >= 0.3 is 12.0 Å². The van der Waals surface area contributed by atoms with Crippen molar-refractivity contribution in [3.8, 4) is 0 Å². The summed E-state index contributed by atoms with van der Waals surface area (Å²) in [6.07, 6.45) is 5.57. The Morgan fingerprint density at radius 1 is 1.07 bits per heavy atom. The molecule has 3 rings (SSSR count). The summed E-state index contributed by atoms with van der Waals surface area (Å²) < 4.78 is 5.05. The molecule has 146 valence electrons. The van der Waals surface area contributed by atoms with Gasteiger partial charge in [-0.2, -0.15) is 0 Å². The van der Waals surface area contributed by atoms with Crippen molar-refractivity contribution in [3.63, 3.8) is 0 Å². The second kappa shape index (κ2) is 9.89. The maximum Gasteiger partial charge on any atom is 0.341 e. The summed E-state index contributed by atoms with van der Waals surface area (Å²) in [5.41, 5.74) is 0.263. The Hall–Kier alpha value is -2.87. The van der Waals surface area contributed by atoms with Crippen LogP contribution in [0.3, 0.4) is 0 Å². The van der Waals surface area contributed by atoms with Gasteiger partial charge in [-0.05, 0) is 37.1 Å². The summed E-state index contributed by atoms with van der Waals surface area (Å²) >= 11 is 1.33. The van der Waals surface area contributed by atoms with Gasteiger partial charge in [-0.15, -0.1) is 0 Å². The molecule has 1 aromatic heterocycles. The molecule has 0 unspecified atom stereocenters. The number of hydrogen-bond acceptors (Lipinski definition) is 6. The Morgan fingerprint density at radius 2 is 1.82 bits per heavy atom. The maximum absolute atomic E-state index is 12.4. The van der Waals surface area contributed by atoms with Crippen LogP contribution in [0, 0.1) is 0 Å². The van der Waals surface area contributed by atoms with Gasteiger partial charge in [-0.25, -0.2) is 14.6 Å². The lowest BCUT2D eigenvalue weighted by Crippen LogP contribution is -2.45. The maximum atomic E-state index is 12.4. The summed E-state index contributed by atoms with van der Waals surface area (Å²) in [4.78, 5) is 41.2. The fourth-order valence-corrected chi connectivity index (χ4v) is 3.78. The monoisotopic (exact) mass is 399 g/mol. The molecule has 0 spiro atoms. The highest BCUT2D eigenvalue weighted by molar-refractivity contribution is 7.99. The topological polar surface area (TPSA) is 97.4 Å². The molecule has 8 heteroatoms. The lowest BCUT2D eigenvalue weighted by molar-refractivity contribution is -0.123. The summed E-state index contributed by atoms with van der Waals surface area (Å²) in [7, 11) is 0. The zero-order chi connectivity index (χ0) is 19.8. The highest BCUT2D eigenvalue weighted by atomic mass is 32.2. The molecule has 1 aliphatic rings. The van der Waals surface area contributed by atoms with Crippen LogP contribution in [0.2, 0.25) is 0 Å². The number of imide groups is 1. The molecule has 1 aliphatic carbocycles. The number of nitrogens with one attached hydrogen (secondary N) is 2. The minimum atomic E-state index is -0.676. The number of carbonyl (C=O) groups is 3. The number of urea groups is 1. The molecule has 1 heterocycles. The zero-order valence-corrected chi connectivity index (χ0v) is 16.0. The fraction of sp³-hybridized carbons (Fsp3) is 0.300. The third-order valence-corrected chi connectivity index (χ3v) is 5.25. The minimum absolute atomic E-state index is 0.100. The average Bonchev–Trinajstić information content (AvgIpc) is 3.20. The lowest BCUT2D eigenvalue weighted by Gasteiger charge is -2.12. The van der Waals surface area contributed by atoms with Crippen molar-refractivity contribution in [3.05, 3.63) is 54.2 Å². The van der Waals surface area contributed by atoms with Crippen LogP contribution in [-0.2, 0) is 9.53 Å². The van der Waals surface area contributed by atoms with E-state index >= 15 is 0 Å². The van der Waals surface area contributed by atoms with Crippen molar-refractivity contribution in [2.24, 2.45) is 0 Å². The number of carbonyl (C=O) groups excluding carboxylic acids is 3. The Kier molecular flexibility index (Phi) is 7.02. The summed E-state index contributed by atoms with van der Waals surface area (Å²) in [6.45, 7) is -0.540. The number of rotatable bonds is 6. The van der Waals surface area contributed by atoms with Gasteiger partial charge < -0.3 is 10.1 Å². The Bertz CT molecular complexity index is 838. The molecule has 0 bridgehead atoms. The standard InChI is InChI=1S/C20H21N3O4S/c24-17(23-20(26)22-14-7-4-5-8-14)13-27-19(25)16-11-6-12-21-18(16)28-15-9-2-1-3-10-15/h1-3,6,9-12,14H,4-5,7-8,13H2,(H2,22,23,24,26). The Balaban J connectivity index is 1.51. The molecule has 1 aromatic carbocycles. The summed E-state index contributed by atoms with van der Waals surface area (Å²) in [5.74, 6) is -1.34. The van der Waals surface area contributed by atoms with E-state index in [-0.39, 0.29) is 11.6 Å². The SMILES string of the molecule is O=C(COC(=O)c1cccnc1Sc1ccccc1)NC(=O)NC1CCCC1. The number of aromatic nitrogens is 1. The molecule has 7 nitrogen and oxygen atoms in total. The quantitative estimate of drug-likeness (QED) is 0.724. The van der Waals surface area contributed by atoms with Gasteiger partial charge in [0, 0.05) is 17.1 Å². The molecule has 0 saturated heterocycles. The van der Waals surface area contributed by atoms with Gasteiger partial charge in [0.2, 0.25) is 0 Å². The molecule has 0 aliphatic heterocycles. The molecule has 28 heavy (non-hydrogen) atoms. The van der Waals surface area contributed by atoms with Gasteiger partial charge in [-0.3, -0.25) is 10.1 Å². The number of nitrogens with zero attached hydrogens (tertiary/aromatic N) is 1. The van der Waals surface area contributed by atoms with E-state index in [0.29, 0.717) is 5.03 Å². The summed E-state index contributed by atoms with van der Waals surface area (Å²) in [5, 5.41) is 5.41. The predicted molar refractivity (Wildman–Crippen MR) is 104 cm³/mol. The number of esters is 1. The van der Waals surface area contributed by atoms with Gasteiger partial charge in [0.1, 0.15) is 5.03 Å². The van der Waals surface area contributed by atoms with Crippen LogP contribution in [0.15, 0.2) is 58.6 Å². The smallest absolute Gasteiger partial charge is 0.341 e. The molecule has 2 aromatic rings. The molecule has 0 radical (unpaired) electrons. The first-order valence-electron chi connectivity index (χ1n) is 9.07. The number of hydrogen-bond donors (Lipinski definition) is 2. The Morgan fingerprint density at radius 3 is 2.57 bits per heavy atom. The van der Waals surface area contributed by atoms with E-state index in [2.05, 4.69) is 15.6 Å². The van der Waals surface area contributed by atoms with E-state index in [1.807, 2.05) is 30.3 Å². The third kappa shape index (κ3) is 5.82. The molecular weight excluding hydrogens is 378 g/mol. The van der Waals surface area contributed by atoms with Gasteiger partial charge in [0.25, 0.3) is 5.91 Å². The van der Waals surface area contributed by atoms with Crippen LogP contribution in [-0.4, -0.2) is 35.5 Å². The van der Waals surface area contributed by atoms with Crippen LogP contribution >= 0.6 is 11.8 Å². The Labute approximate surface area is 167 Å². The highest BCUT2D eigenvalue weighted by Crippen LogP contribution is 2.28. The van der Waals surface area contributed by atoms with Crippen molar-refractivity contribution >= 4 is 29.7 Å². The normalized spacial score (nSPS) is 13.7. The number of amides is 3. The molecule has 0 atom stereocenters. The van der Waals surface area contributed by atoms with E-state index in [1.54, 1.807) is 18.3 Å². The van der Waals surface area contributed by atoms with Crippen molar-refractivity contribution in [1.29, 1.82) is 0 Å². The van der Waals surface area contributed by atoms with Crippen LogP contribution in [0.1, 0.15) is 36.0 Å². The molecule has 1 fully saturated rings. The van der Waals surface area contributed by atoms with Gasteiger partial charge in [-0.1, -0.05) is 42.8 Å². The molecule has 1 saturated carbocycles. The van der Waals surface area contributed by atoms with Crippen LogP contribution in [0.5, 0.6) is 0 Å². The van der Waals surface area contributed by atoms with Crippen LogP contribution in [0.25, 0.3) is 0 Å². The largest absolute Gasteiger partial charge is 0.452 e. The van der Waals surface area contributed by atoms with Crippen molar-refractivity contribution < 1.29 is 19.1 Å². The van der Waals surface area contributed by atoms with Gasteiger partial charge in [0.05, 0.1) is 5.56 Å². The highest BCUT2D eigenvalue weighted by Gasteiger charge is 2.20. The van der Waals surface area contributed by atoms with Crippen LogP contribution < -0.4 is 10.6 Å². The second-order valence-corrected chi connectivity index (χ2v) is 7.41. The fourth-order valence-electron chi connectivity index (χ4n) is 2.89. The third-order valence-electron chi connectivity index (χ3n) is 4.23. The van der Waals surface area contributed by atoms with E-state index < -0.39 is 24.5 Å². The van der Waals surface area contributed by atoms with E-state index in [0.717, 1.165) is 30.6 Å². The lowest BCUT2D eigenvalue weighted by atomic mass is 10.2. The zero-order valence-electron chi connectivity index (χ0n) is 15.2. The average molecular weight is 399 g/mol. The van der Waals surface area contributed by atoms with E-state index in [4.69, 9.17) is 4.74 Å². The van der Waals surface area contributed by atoms with Crippen molar-refractivity contribution in [1.82, 2.24) is 15.6 Å². The first kappa shape index (κ1) is 19.9. The van der Waals surface area contributed by atoms with Crippen molar-refractivity contribution in [2.45, 2.75) is 41.6 Å². The number of benzene rings is 1. The number of ether oxygens (including phenoxy) is 1. The van der Waals surface area contributed by atoms with E-state index in [1.165, 1.54) is 11.8 Å². The summed E-state index contributed by atoms with van der Waals surface area (Å²) in [6, 6.07) is 12.3. The number of pyridine rings is 1. The molecular formula is C20H21N3O4S. The molecule has 2 N–H and O–H groups in total. The van der Waals surface area contributed by atoms with Crippen LogP contribution in [0.4, 0.5) is 4.79 Å². The second-order valence-electron chi connectivity index (χ2n) is 6.35. The van der Waals surface area contributed by atoms with E-state index in [9.17, 15) is 14.4 Å².